The van der Waals surface area contributed by atoms with Crippen molar-refractivity contribution in [2.45, 2.75) is 44.2 Å². The number of halogens is 3. The average Bonchev–Trinajstić information content (AvgIpc) is 3.51. The lowest BCUT2D eigenvalue weighted by molar-refractivity contribution is 0.0220. The second-order valence-corrected chi connectivity index (χ2v) is 9.76. The van der Waals surface area contributed by atoms with E-state index in [-0.39, 0.29) is 22.3 Å². The molecule has 2 aliphatic heterocycles. The topological polar surface area (TPSA) is 103 Å². The summed E-state index contributed by atoms with van der Waals surface area (Å²) in [7, 11) is 0. The maximum absolute atomic E-state index is 13.0. The molecule has 6 rings (SSSR count). The van der Waals surface area contributed by atoms with Gasteiger partial charge in [0.2, 0.25) is 0 Å². The fourth-order valence-electron chi connectivity index (χ4n) is 5.25. The van der Waals surface area contributed by atoms with Gasteiger partial charge in [-0.05, 0) is 56.0 Å². The molecule has 37 heavy (non-hydrogen) atoms. The molecule has 0 aliphatic carbocycles. The minimum absolute atomic E-state index is 0.000100. The minimum Gasteiger partial charge on any atom is -0.381 e. The number of piperidine rings is 1. The summed E-state index contributed by atoms with van der Waals surface area (Å²) in [4.78, 5) is 24.6. The van der Waals surface area contributed by atoms with Crippen molar-refractivity contribution in [1.29, 1.82) is 5.26 Å². The number of aromatic nitrogens is 4. The third kappa shape index (κ3) is 5.39. The van der Waals surface area contributed by atoms with Gasteiger partial charge in [0.25, 0.3) is 6.43 Å². The van der Waals surface area contributed by atoms with Gasteiger partial charge >= 0.3 is 5.69 Å². The standard InChI is InChI=1S/C18H22ClF2N3O2.C8H5N3/c19-14-10-16-15(9-13(14)17(20)21)22-18(25)24(16)12-1-5-23(6-2-12)11-3-7-26-8-4-11;9-4-6-1-2-7-8(3-6)11-5-10-7/h9-12,17H,1-8H2,(H,22,25);1-3,5H,(H,10,11). The lowest BCUT2D eigenvalue weighted by Gasteiger charge is -2.39. The average molecular weight is 529 g/mol. The van der Waals surface area contributed by atoms with Crippen LogP contribution in [-0.4, -0.2) is 56.8 Å². The molecule has 0 saturated carbocycles. The maximum Gasteiger partial charge on any atom is 0.326 e. The Morgan fingerprint density at radius 3 is 2.54 bits per heavy atom. The van der Waals surface area contributed by atoms with Crippen LogP contribution < -0.4 is 5.69 Å². The van der Waals surface area contributed by atoms with Gasteiger partial charge in [0, 0.05) is 44.0 Å². The highest BCUT2D eigenvalue weighted by molar-refractivity contribution is 6.32. The number of nitrogens with one attached hydrogen (secondary N) is 2. The third-order valence-corrected chi connectivity index (χ3v) is 7.52. The molecule has 0 amide bonds. The van der Waals surface area contributed by atoms with Crippen LogP contribution in [-0.2, 0) is 4.74 Å². The molecular formula is C26H27ClF2N6O2. The van der Waals surface area contributed by atoms with Crippen molar-refractivity contribution in [3.05, 3.63) is 63.3 Å². The fourth-order valence-corrected chi connectivity index (χ4v) is 5.49. The number of hydrogen-bond donors (Lipinski definition) is 2. The van der Waals surface area contributed by atoms with Crippen molar-refractivity contribution < 1.29 is 13.5 Å². The molecule has 4 heterocycles. The Kier molecular flexibility index (Phi) is 7.55. The number of H-pyrrole nitrogens is 2. The predicted octanol–water partition coefficient (Wildman–Crippen LogP) is 5.17. The van der Waals surface area contributed by atoms with Gasteiger partial charge in [-0.1, -0.05) is 11.6 Å². The number of imidazole rings is 2. The molecule has 4 aromatic rings. The van der Waals surface area contributed by atoms with Crippen LogP contribution in [0.4, 0.5) is 8.78 Å². The first-order chi connectivity index (χ1) is 17.9. The van der Waals surface area contributed by atoms with Gasteiger partial charge in [0.05, 0.1) is 45.0 Å². The van der Waals surface area contributed by atoms with Gasteiger partial charge < -0.3 is 19.6 Å². The molecule has 0 bridgehead atoms. The normalized spacial score (nSPS) is 17.7. The zero-order valence-electron chi connectivity index (χ0n) is 20.1. The summed E-state index contributed by atoms with van der Waals surface area (Å²) in [6.45, 7) is 3.49. The number of fused-ring (bicyclic) bond motifs is 2. The molecule has 0 atom stereocenters. The van der Waals surface area contributed by atoms with Gasteiger partial charge in [-0.15, -0.1) is 0 Å². The molecule has 2 aliphatic rings. The fraction of sp³-hybridized carbons (Fsp3) is 0.423. The van der Waals surface area contributed by atoms with Crippen LogP contribution in [0.15, 0.2) is 41.5 Å². The number of hydrogen-bond acceptors (Lipinski definition) is 5. The zero-order chi connectivity index (χ0) is 25.9. The highest BCUT2D eigenvalue weighted by atomic mass is 35.5. The second kappa shape index (κ2) is 11.0. The summed E-state index contributed by atoms with van der Waals surface area (Å²) in [5.74, 6) is 0. The van der Waals surface area contributed by atoms with Crippen LogP contribution in [0.2, 0.25) is 5.02 Å². The Bertz CT molecular complexity index is 1480. The van der Waals surface area contributed by atoms with Crippen molar-refractivity contribution in [2.75, 3.05) is 26.3 Å². The van der Waals surface area contributed by atoms with Gasteiger partial charge in [0.15, 0.2) is 0 Å². The molecule has 0 unspecified atom stereocenters. The van der Waals surface area contributed by atoms with Gasteiger partial charge in [-0.25, -0.2) is 18.6 Å². The maximum atomic E-state index is 13.0. The number of ether oxygens (including phenoxy) is 1. The van der Waals surface area contributed by atoms with Crippen LogP contribution in [0.5, 0.6) is 0 Å². The van der Waals surface area contributed by atoms with Crippen molar-refractivity contribution >= 4 is 33.7 Å². The number of rotatable bonds is 3. The van der Waals surface area contributed by atoms with E-state index in [4.69, 9.17) is 21.6 Å². The summed E-state index contributed by atoms with van der Waals surface area (Å²) in [6, 6.07) is 10.8. The lowest BCUT2D eigenvalue weighted by atomic mass is 9.99. The Morgan fingerprint density at radius 1 is 1.08 bits per heavy atom. The third-order valence-electron chi connectivity index (χ3n) is 7.19. The Hall–Kier alpha value is -3.26. The number of benzene rings is 2. The lowest BCUT2D eigenvalue weighted by Crippen LogP contribution is -2.45. The van der Waals surface area contributed by atoms with E-state index in [1.54, 1.807) is 23.0 Å². The summed E-state index contributed by atoms with van der Waals surface area (Å²) >= 11 is 6.01. The molecule has 8 nitrogen and oxygen atoms in total. The molecule has 2 saturated heterocycles. The number of nitriles is 1. The molecule has 2 aromatic carbocycles. The monoisotopic (exact) mass is 528 g/mol. The Morgan fingerprint density at radius 2 is 1.84 bits per heavy atom. The number of likely N-dealkylation sites (tertiary alicyclic amines) is 1. The smallest absolute Gasteiger partial charge is 0.326 e. The Balaban J connectivity index is 0.000000212. The van der Waals surface area contributed by atoms with E-state index in [0.717, 1.165) is 63.0 Å². The first kappa shape index (κ1) is 25.4. The molecule has 0 radical (unpaired) electrons. The molecule has 194 valence electrons. The van der Waals surface area contributed by atoms with Crippen LogP contribution >= 0.6 is 11.6 Å². The highest BCUT2D eigenvalue weighted by Crippen LogP contribution is 2.33. The highest BCUT2D eigenvalue weighted by Gasteiger charge is 2.29. The largest absolute Gasteiger partial charge is 0.381 e. The predicted molar refractivity (Wildman–Crippen MR) is 137 cm³/mol. The van der Waals surface area contributed by atoms with Crippen LogP contribution in [0.3, 0.4) is 0 Å². The molecule has 2 fully saturated rings. The van der Waals surface area contributed by atoms with Crippen molar-refractivity contribution in [2.24, 2.45) is 0 Å². The number of aromatic amines is 2. The van der Waals surface area contributed by atoms with E-state index in [1.165, 1.54) is 12.1 Å². The summed E-state index contributed by atoms with van der Waals surface area (Å²) in [5, 5.41) is 8.55. The Labute approximate surface area is 216 Å². The zero-order valence-corrected chi connectivity index (χ0v) is 20.8. The van der Waals surface area contributed by atoms with E-state index in [9.17, 15) is 13.6 Å². The first-order valence-electron chi connectivity index (χ1n) is 12.3. The summed E-state index contributed by atoms with van der Waals surface area (Å²) in [6.07, 6.45) is 2.79. The summed E-state index contributed by atoms with van der Waals surface area (Å²) < 4.78 is 33.2. The SMILES string of the molecule is N#Cc1ccc2[nH]cnc2c1.O=c1[nH]c2cc(C(F)F)c(Cl)cc2n1C1CCN(C2CCOCC2)CC1. The van der Waals surface area contributed by atoms with E-state index in [2.05, 4.69) is 25.9 Å². The molecule has 11 heteroatoms. The van der Waals surface area contributed by atoms with E-state index >= 15 is 0 Å². The first-order valence-corrected chi connectivity index (χ1v) is 12.7. The second-order valence-electron chi connectivity index (χ2n) is 9.35. The quantitative estimate of drug-likeness (QED) is 0.382. The molecule has 0 spiro atoms. The molecule has 2 aromatic heterocycles. The molecule has 2 N–H and O–H groups in total. The van der Waals surface area contributed by atoms with Crippen molar-refractivity contribution in [3.8, 4) is 6.07 Å². The van der Waals surface area contributed by atoms with Crippen molar-refractivity contribution in [1.82, 2.24) is 24.4 Å². The molecular weight excluding hydrogens is 502 g/mol. The van der Waals surface area contributed by atoms with E-state index < -0.39 is 6.43 Å². The number of nitrogens with zero attached hydrogens (tertiary/aromatic N) is 4. The number of alkyl halides is 2. The van der Waals surface area contributed by atoms with Crippen LogP contribution in [0.25, 0.3) is 22.1 Å². The summed E-state index contributed by atoms with van der Waals surface area (Å²) in [5.41, 5.74) is 2.96. The van der Waals surface area contributed by atoms with Gasteiger partial charge in [-0.3, -0.25) is 4.57 Å². The van der Waals surface area contributed by atoms with Crippen molar-refractivity contribution in [3.63, 3.8) is 0 Å². The van der Waals surface area contributed by atoms with Gasteiger partial charge in [0.1, 0.15) is 0 Å². The van der Waals surface area contributed by atoms with Crippen LogP contribution in [0, 0.1) is 11.3 Å². The minimum atomic E-state index is -2.67. The van der Waals surface area contributed by atoms with Crippen LogP contribution in [0.1, 0.15) is 49.3 Å². The van der Waals surface area contributed by atoms with E-state index in [0.29, 0.717) is 22.6 Å². The van der Waals surface area contributed by atoms with E-state index in [1.807, 2.05) is 6.07 Å². The van der Waals surface area contributed by atoms with Gasteiger partial charge in [-0.2, -0.15) is 5.26 Å².